The van der Waals surface area contributed by atoms with E-state index in [2.05, 4.69) is 9.98 Å². The van der Waals surface area contributed by atoms with Crippen LogP contribution in [0, 0.1) is 0 Å². The number of aliphatic imine (C=N–C) groups is 2. The first-order valence-electron chi connectivity index (χ1n) is 4.63. The molecule has 5 heteroatoms. The van der Waals surface area contributed by atoms with E-state index in [-0.39, 0.29) is 5.71 Å². The fourth-order valence-corrected chi connectivity index (χ4v) is 2.04. The molecule has 0 aromatic carbocycles. The van der Waals surface area contributed by atoms with Crippen LogP contribution in [-0.2, 0) is 9.53 Å². The van der Waals surface area contributed by atoms with Crippen molar-refractivity contribution in [3.8, 4) is 0 Å². The van der Waals surface area contributed by atoms with Crippen molar-refractivity contribution < 1.29 is 9.53 Å². The second-order valence-electron chi connectivity index (χ2n) is 2.89. The number of thioether (sulfide) groups is 1. The molecule has 78 valence electrons. The van der Waals surface area contributed by atoms with Crippen molar-refractivity contribution in [1.82, 2.24) is 0 Å². The van der Waals surface area contributed by atoms with Crippen molar-refractivity contribution in [1.29, 1.82) is 0 Å². The lowest BCUT2D eigenvalue weighted by Crippen LogP contribution is -2.18. The summed E-state index contributed by atoms with van der Waals surface area (Å²) in [5.74, 6) is 0.492. The maximum atomic E-state index is 11.4. The van der Waals surface area contributed by atoms with Gasteiger partial charge >= 0.3 is 5.97 Å². The molecule has 0 fully saturated rings. The molecule has 0 N–H and O–H groups in total. The Labute approximate surface area is 91.8 Å². The molecule has 0 bridgehead atoms. The Morgan fingerprint density at radius 3 is 3.33 bits per heavy atom. The van der Waals surface area contributed by atoms with Crippen LogP contribution in [0.2, 0.25) is 0 Å². The monoisotopic (exact) mass is 222 g/mol. The first kappa shape index (κ1) is 10.2. The number of fused-ring (bicyclic) bond motifs is 1. The third-order valence-electron chi connectivity index (χ3n) is 1.90. The van der Waals surface area contributed by atoms with Crippen molar-refractivity contribution in [2.24, 2.45) is 9.98 Å². The summed E-state index contributed by atoms with van der Waals surface area (Å²) in [6.45, 7) is 2.11. The van der Waals surface area contributed by atoms with E-state index >= 15 is 0 Å². The lowest BCUT2D eigenvalue weighted by Gasteiger charge is -1.98. The fourth-order valence-electron chi connectivity index (χ4n) is 1.21. The average Bonchev–Trinajstić information content (AvgIpc) is 2.58. The number of rotatable bonds is 2. The Kier molecular flexibility index (Phi) is 3.01. The molecule has 2 aliphatic heterocycles. The summed E-state index contributed by atoms with van der Waals surface area (Å²) in [4.78, 5) is 20.6. The molecular formula is C10H10N2O2S. The molecule has 0 aromatic rings. The fraction of sp³-hybridized carbons (Fsp3) is 0.300. The molecule has 0 saturated carbocycles. The molecule has 2 heterocycles. The normalized spacial score (nSPS) is 18.6. The number of nitrogens with zero attached hydrogens (tertiary/aromatic N) is 2. The van der Waals surface area contributed by atoms with Gasteiger partial charge in [0.1, 0.15) is 0 Å². The molecular weight excluding hydrogens is 212 g/mol. The van der Waals surface area contributed by atoms with E-state index in [1.807, 2.05) is 6.08 Å². The first-order chi connectivity index (χ1) is 7.31. The molecule has 2 rings (SSSR count). The second kappa shape index (κ2) is 4.44. The Balaban J connectivity index is 2.20. The van der Waals surface area contributed by atoms with Crippen LogP contribution in [-0.4, -0.2) is 30.3 Å². The van der Waals surface area contributed by atoms with Gasteiger partial charge in [0, 0.05) is 12.0 Å². The molecule has 0 amide bonds. The zero-order chi connectivity index (χ0) is 10.7. The average molecular weight is 222 g/mol. The number of carbonyl (C=O) groups excluding carboxylic acids is 1. The molecule has 0 spiro atoms. The summed E-state index contributed by atoms with van der Waals surface area (Å²) in [7, 11) is 0. The van der Waals surface area contributed by atoms with Gasteiger partial charge < -0.3 is 4.74 Å². The van der Waals surface area contributed by atoms with Crippen molar-refractivity contribution in [3.63, 3.8) is 0 Å². The molecule has 4 nitrogen and oxygen atoms in total. The molecule has 0 aromatic heterocycles. The van der Waals surface area contributed by atoms with E-state index in [1.165, 1.54) is 6.21 Å². The van der Waals surface area contributed by atoms with Gasteiger partial charge in [-0.05, 0) is 13.0 Å². The van der Waals surface area contributed by atoms with E-state index in [9.17, 15) is 4.79 Å². The topological polar surface area (TPSA) is 51.0 Å². The van der Waals surface area contributed by atoms with Crippen molar-refractivity contribution in [2.45, 2.75) is 6.92 Å². The minimum atomic E-state index is -0.427. The Bertz CT molecular complexity index is 408. The highest BCUT2D eigenvalue weighted by Gasteiger charge is 2.16. The smallest absolute Gasteiger partial charge is 0.358 e. The minimum Gasteiger partial charge on any atom is -0.461 e. The van der Waals surface area contributed by atoms with E-state index in [0.717, 1.165) is 16.4 Å². The Morgan fingerprint density at radius 1 is 1.67 bits per heavy atom. The van der Waals surface area contributed by atoms with Crippen molar-refractivity contribution in [2.75, 3.05) is 12.4 Å². The molecule has 15 heavy (non-hydrogen) atoms. The van der Waals surface area contributed by atoms with Gasteiger partial charge in [-0.15, -0.1) is 11.8 Å². The van der Waals surface area contributed by atoms with E-state index in [4.69, 9.17) is 4.74 Å². The maximum absolute atomic E-state index is 11.4. The van der Waals surface area contributed by atoms with E-state index in [1.54, 1.807) is 24.9 Å². The molecule has 0 radical (unpaired) electrons. The highest BCUT2D eigenvalue weighted by atomic mass is 32.2. The largest absolute Gasteiger partial charge is 0.461 e. The zero-order valence-corrected chi connectivity index (χ0v) is 9.08. The van der Waals surface area contributed by atoms with Crippen LogP contribution < -0.4 is 0 Å². The van der Waals surface area contributed by atoms with Gasteiger partial charge in [-0.2, -0.15) is 0 Å². The highest BCUT2D eigenvalue weighted by Crippen LogP contribution is 2.32. The van der Waals surface area contributed by atoms with Gasteiger partial charge in [0.2, 0.25) is 0 Å². The van der Waals surface area contributed by atoms with Gasteiger partial charge in [0.25, 0.3) is 0 Å². The van der Waals surface area contributed by atoms with Crippen LogP contribution >= 0.6 is 11.8 Å². The van der Waals surface area contributed by atoms with Crippen LogP contribution in [0.4, 0.5) is 0 Å². The van der Waals surface area contributed by atoms with Gasteiger partial charge in [-0.25, -0.2) is 9.79 Å². The summed E-state index contributed by atoms with van der Waals surface area (Å²) in [6.07, 6.45) is 5.14. The SMILES string of the molecule is CCOC(=O)C1=NC=C2SCC=C2N=C1. The lowest BCUT2D eigenvalue weighted by atomic mass is 10.4. The molecule has 2 aliphatic rings. The van der Waals surface area contributed by atoms with Crippen molar-refractivity contribution >= 4 is 29.7 Å². The van der Waals surface area contributed by atoms with Gasteiger partial charge in [-0.1, -0.05) is 0 Å². The van der Waals surface area contributed by atoms with Gasteiger partial charge in [0.05, 0.1) is 23.4 Å². The van der Waals surface area contributed by atoms with Crippen LogP contribution in [0.25, 0.3) is 0 Å². The Morgan fingerprint density at radius 2 is 2.53 bits per heavy atom. The number of esters is 1. The summed E-state index contributed by atoms with van der Waals surface area (Å²) >= 11 is 1.66. The molecule has 0 unspecified atom stereocenters. The maximum Gasteiger partial charge on any atom is 0.358 e. The van der Waals surface area contributed by atoms with Crippen LogP contribution in [0.1, 0.15) is 6.92 Å². The third kappa shape index (κ3) is 2.18. The number of hydrogen-bond acceptors (Lipinski definition) is 5. The Hall–Kier alpha value is -1.36. The van der Waals surface area contributed by atoms with E-state index < -0.39 is 5.97 Å². The van der Waals surface area contributed by atoms with Gasteiger partial charge in [-0.3, -0.25) is 4.99 Å². The molecule has 0 aliphatic carbocycles. The van der Waals surface area contributed by atoms with Crippen LogP contribution in [0.5, 0.6) is 0 Å². The quantitative estimate of drug-likeness (QED) is 0.666. The second-order valence-corrected chi connectivity index (χ2v) is 3.95. The standard InChI is InChI=1S/C10H10N2O2S/c1-2-14-10(13)8-5-11-7-3-4-15-9(7)6-12-8/h3,5-6H,2,4H2,1H3. The molecule has 0 atom stereocenters. The zero-order valence-electron chi connectivity index (χ0n) is 8.27. The number of carbonyl (C=O) groups is 1. The van der Waals surface area contributed by atoms with Crippen LogP contribution in [0.3, 0.4) is 0 Å². The molecule has 0 saturated heterocycles. The summed E-state index contributed by atoms with van der Waals surface area (Å²) in [6, 6.07) is 0. The summed E-state index contributed by atoms with van der Waals surface area (Å²) < 4.78 is 4.84. The summed E-state index contributed by atoms with van der Waals surface area (Å²) in [5.41, 5.74) is 1.14. The predicted molar refractivity (Wildman–Crippen MR) is 61.2 cm³/mol. The first-order valence-corrected chi connectivity index (χ1v) is 5.62. The number of ether oxygens (including phenoxy) is 1. The van der Waals surface area contributed by atoms with Gasteiger partial charge in [0.15, 0.2) is 5.71 Å². The van der Waals surface area contributed by atoms with Crippen LogP contribution in [0.15, 0.2) is 32.9 Å². The number of hydrogen-bond donors (Lipinski definition) is 0. The lowest BCUT2D eigenvalue weighted by molar-refractivity contribution is -0.134. The van der Waals surface area contributed by atoms with E-state index in [0.29, 0.717) is 6.61 Å². The predicted octanol–water partition coefficient (Wildman–Crippen LogP) is 1.55. The van der Waals surface area contributed by atoms with Crippen molar-refractivity contribution in [3.05, 3.63) is 22.9 Å². The highest BCUT2D eigenvalue weighted by molar-refractivity contribution is 8.03. The third-order valence-corrected chi connectivity index (χ3v) is 2.86. The summed E-state index contributed by atoms with van der Waals surface area (Å²) in [5, 5.41) is 0. The minimum absolute atomic E-state index is 0.250.